The normalized spacial score (nSPS) is 12.1. The second kappa shape index (κ2) is 2.60. The fraction of sp³-hybridized carbons (Fsp3) is 0.111. The molecular formula is C9H8NO2S. The first kappa shape index (κ1) is 8.31. The van der Waals surface area contributed by atoms with Gasteiger partial charge in [-0.3, -0.25) is 0 Å². The summed E-state index contributed by atoms with van der Waals surface area (Å²) in [6.07, 6.45) is 1.16. The molecule has 1 heterocycles. The molecule has 1 radical (unpaired) electrons. The quantitative estimate of drug-likeness (QED) is 0.745. The van der Waals surface area contributed by atoms with Crippen molar-refractivity contribution in [3.8, 4) is 0 Å². The molecule has 1 N–H and O–H groups in total. The number of sulfone groups is 1. The van der Waals surface area contributed by atoms with Crippen LogP contribution in [-0.4, -0.2) is 19.7 Å². The number of aromatic nitrogens is 1. The summed E-state index contributed by atoms with van der Waals surface area (Å²) in [7, 11) is -3.18. The van der Waals surface area contributed by atoms with Crippen LogP contribution in [0.25, 0.3) is 10.9 Å². The van der Waals surface area contributed by atoms with Gasteiger partial charge in [0.15, 0.2) is 9.84 Å². The first-order chi connectivity index (χ1) is 6.07. The molecule has 0 aliphatic carbocycles. The summed E-state index contributed by atoms with van der Waals surface area (Å²) in [5, 5.41) is 0.941. The van der Waals surface area contributed by atoms with Gasteiger partial charge in [-0.1, -0.05) is 18.2 Å². The molecule has 0 unspecified atom stereocenters. The Morgan fingerprint density at radius 3 is 2.62 bits per heavy atom. The van der Waals surface area contributed by atoms with Gasteiger partial charge in [-0.15, -0.1) is 0 Å². The van der Waals surface area contributed by atoms with E-state index in [0.717, 1.165) is 17.2 Å². The van der Waals surface area contributed by atoms with Gasteiger partial charge in [0.05, 0.1) is 0 Å². The highest BCUT2D eigenvalue weighted by atomic mass is 32.2. The third kappa shape index (κ3) is 1.45. The summed E-state index contributed by atoms with van der Waals surface area (Å²) in [5.41, 5.74) is 0.794. The van der Waals surface area contributed by atoms with Gasteiger partial charge < -0.3 is 4.98 Å². The number of benzene rings is 1. The van der Waals surface area contributed by atoms with Crippen molar-refractivity contribution in [2.45, 2.75) is 5.03 Å². The summed E-state index contributed by atoms with van der Waals surface area (Å²) >= 11 is 0. The summed E-state index contributed by atoms with van der Waals surface area (Å²) in [6.45, 7) is 0. The fourth-order valence-corrected chi connectivity index (χ4v) is 1.75. The van der Waals surface area contributed by atoms with Crippen molar-refractivity contribution >= 4 is 20.7 Å². The summed E-state index contributed by atoms with van der Waals surface area (Å²) in [4.78, 5) is 2.79. The Morgan fingerprint density at radius 1 is 1.31 bits per heavy atom. The molecule has 2 aromatic rings. The zero-order valence-corrected chi connectivity index (χ0v) is 7.85. The summed E-state index contributed by atoms with van der Waals surface area (Å²) in [5.74, 6) is 0. The minimum absolute atomic E-state index is 0.147. The Morgan fingerprint density at radius 2 is 2.00 bits per heavy atom. The predicted octanol–water partition coefficient (Wildman–Crippen LogP) is 1.37. The maximum absolute atomic E-state index is 11.1. The maximum atomic E-state index is 11.1. The van der Waals surface area contributed by atoms with E-state index in [2.05, 4.69) is 11.1 Å². The number of rotatable bonds is 1. The van der Waals surface area contributed by atoms with E-state index >= 15 is 0 Å². The van der Waals surface area contributed by atoms with Crippen LogP contribution in [-0.2, 0) is 9.84 Å². The van der Waals surface area contributed by atoms with Crippen LogP contribution >= 0.6 is 0 Å². The molecule has 0 aliphatic rings. The zero-order valence-electron chi connectivity index (χ0n) is 7.03. The molecular weight excluding hydrogens is 186 g/mol. The number of para-hydroxylation sites is 1. The highest BCUT2D eigenvalue weighted by molar-refractivity contribution is 7.90. The van der Waals surface area contributed by atoms with Gasteiger partial charge in [0.2, 0.25) is 0 Å². The van der Waals surface area contributed by atoms with Crippen LogP contribution in [0.2, 0.25) is 0 Å². The lowest BCUT2D eigenvalue weighted by atomic mass is 10.3. The van der Waals surface area contributed by atoms with Crippen LogP contribution in [0, 0.1) is 6.07 Å². The van der Waals surface area contributed by atoms with Crippen molar-refractivity contribution < 1.29 is 8.42 Å². The van der Waals surface area contributed by atoms with Crippen molar-refractivity contribution in [1.29, 1.82) is 0 Å². The predicted molar refractivity (Wildman–Crippen MR) is 50.2 cm³/mol. The summed E-state index contributed by atoms with van der Waals surface area (Å²) in [6, 6.07) is 10.1. The van der Waals surface area contributed by atoms with Gasteiger partial charge in [0, 0.05) is 23.2 Å². The van der Waals surface area contributed by atoms with Crippen molar-refractivity contribution in [3.05, 3.63) is 30.3 Å². The van der Waals surface area contributed by atoms with E-state index in [1.165, 1.54) is 0 Å². The lowest BCUT2D eigenvalue weighted by Gasteiger charge is -1.88. The Labute approximate surface area is 76.3 Å². The average molecular weight is 194 g/mol. The van der Waals surface area contributed by atoms with Crippen molar-refractivity contribution in [2.75, 3.05) is 6.26 Å². The molecule has 2 rings (SSSR count). The van der Waals surface area contributed by atoms with Crippen LogP contribution in [0.3, 0.4) is 0 Å². The molecule has 13 heavy (non-hydrogen) atoms. The molecule has 0 amide bonds. The largest absolute Gasteiger partial charge is 0.345 e. The lowest BCUT2D eigenvalue weighted by molar-refractivity contribution is 0.599. The number of nitrogens with one attached hydrogen (secondary N) is 1. The second-order valence-corrected chi connectivity index (χ2v) is 4.85. The molecule has 0 saturated heterocycles. The fourth-order valence-electron chi connectivity index (χ4n) is 1.16. The van der Waals surface area contributed by atoms with Gasteiger partial charge in [-0.05, 0) is 6.07 Å². The van der Waals surface area contributed by atoms with Crippen LogP contribution in [0.5, 0.6) is 0 Å². The first-order valence-electron chi connectivity index (χ1n) is 3.77. The van der Waals surface area contributed by atoms with Gasteiger partial charge in [-0.25, -0.2) is 8.42 Å². The van der Waals surface area contributed by atoms with E-state index in [1.54, 1.807) is 0 Å². The van der Waals surface area contributed by atoms with Gasteiger partial charge in [-0.2, -0.15) is 0 Å². The number of H-pyrrole nitrogens is 1. The first-order valence-corrected chi connectivity index (χ1v) is 5.66. The van der Waals surface area contributed by atoms with Crippen molar-refractivity contribution in [2.24, 2.45) is 0 Å². The zero-order chi connectivity index (χ0) is 9.47. The molecule has 0 fully saturated rings. The van der Waals surface area contributed by atoms with Crippen LogP contribution in [0.4, 0.5) is 0 Å². The van der Waals surface area contributed by atoms with E-state index in [-0.39, 0.29) is 5.03 Å². The third-order valence-corrected chi connectivity index (χ3v) is 2.74. The molecule has 3 nitrogen and oxygen atoms in total. The average Bonchev–Trinajstić information content (AvgIpc) is 2.45. The molecule has 1 aromatic carbocycles. The molecule has 0 aliphatic heterocycles. The SMILES string of the molecule is CS(=O)(=O)c1[c]c2ccccc2[nH]1. The molecule has 0 bridgehead atoms. The van der Waals surface area contributed by atoms with E-state index in [0.29, 0.717) is 0 Å². The smallest absolute Gasteiger partial charge is 0.191 e. The molecule has 4 heteroatoms. The molecule has 0 saturated carbocycles. The Hall–Kier alpha value is -1.29. The molecule has 1 aromatic heterocycles. The van der Waals surface area contributed by atoms with Crippen molar-refractivity contribution in [1.82, 2.24) is 4.98 Å². The molecule has 0 atom stereocenters. The highest BCUT2D eigenvalue weighted by Gasteiger charge is 2.10. The van der Waals surface area contributed by atoms with E-state index in [9.17, 15) is 8.42 Å². The molecule has 0 spiro atoms. The van der Waals surface area contributed by atoms with Crippen LogP contribution in [0.15, 0.2) is 29.3 Å². The van der Waals surface area contributed by atoms with Gasteiger partial charge >= 0.3 is 0 Å². The monoisotopic (exact) mass is 194 g/mol. The Bertz CT molecular complexity index is 506. The Balaban J connectivity index is 2.77. The highest BCUT2D eigenvalue weighted by Crippen LogP contribution is 2.16. The maximum Gasteiger partial charge on any atom is 0.191 e. The van der Waals surface area contributed by atoms with Crippen LogP contribution in [0.1, 0.15) is 0 Å². The topological polar surface area (TPSA) is 49.9 Å². The van der Waals surface area contributed by atoms with E-state index < -0.39 is 9.84 Å². The minimum atomic E-state index is -3.18. The van der Waals surface area contributed by atoms with Gasteiger partial charge in [0.1, 0.15) is 5.03 Å². The standard InChI is InChI=1S/C9H8NO2S/c1-13(11,12)9-6-7-4-2-3-5-8(7)10-9/h2-5,10H,1H3. The number of fused-ring (bicyclic) bond motifs is 1. The Kier molecular flexibility index (Phi) is 1.66. The minimum Gasteiger partial charge on any atom is -0.345 e. The number of hydrogen-bond donors (Lipinski definition) is 1. The molecule has 67 valence electrons. The van der Waals surface area contributed by atoms with E-state index in [1.807, 2.05) is 24.3 Å². The van der Waals surface area contributed by atoms with Crippen LogP contribution < -0.4 is 0 Å². The van der Waals surface area contributed by atoms with Crippen molar-refractivity contribution in [3.63, 3.8) is 0 Å². The van der Waals surface area contributed by atoms with E-state index in [4.69, 9.17) is 0 Å². The number of hydrogen-bond acceptors (Lipinski definition) is 2. The van der Waals surface area contributed by atoms with Gasteiger partial charge in [0.25, 0.3) is 0 Å². The lowest BCUT2D eigenvalue weighted by Crippen LogP contribution is -1.96. The third-order valence-electron chi connectivity index (χ3n) is 1.79. The number of aromatic amines is 1. The summed E-state index contributed by atoms with van der Waals surface area (Å²) < 4.78 is 22.3. The second-order valence-electron chi connectivity index (χ2n) is 2.90.